The van der Waals surface area contributed by atoms with E-state index >= 15 is 0 Å². The predicted octanol–water partition coefficient (Wildman–Crippen LogP) is 7.11. The zero-order chi connectivity index (χ0) is 30.3. The molecule has 0 saturated carbocycles. The minimum atomic E-state index is -1.31. The van der Waals surface area contributed by atoms with Gasteiger partial charge in [-0.3, -0.25) is 0 Å². The normalized spacial score (nSPS) is 20.2. The highest BCUT2D eigenvalue weighted by Gasteiger charge is 2.37. The summed E-state index contributed by atoms with van der Waals surface area (Å²) in [6, 6.07) is 16.8. The SMILES string of the molecule is N#CC1=CC2=C(CC1c1cc(F)c(F)c(C#N)c1)C(=C(C#N)C#N)c1cc(C3=CC(C#N)C(I)C(F)=C3)c(C#N)cc12. The lowest BCUT2D eigenvalue weighted by Gasteiger charge is -2.23. The summed E-state index contributed by atoms with van der Waals surface area (Å²) in [5.74, 6) is -4.73. The van der Waals surface area contributed by atoms with Gasteiger partial charge in [-0.15, -0.1) is 0 Å². The van der Waals surface area contributed by atoms with E-state index in [-0.39, 0.29) is 34.3 Å². The Bertz CT molecular complexity index is 2030. The second kappa shape index (κ2) is 10.9. The van der Waals surface area contributed by atoms with E-state index in [4.69, 9.17) is 0 Å². The van der Waals surface area contributed by atoms with Crippen LogP contribution in [0.5, 0.6) is 0 Å². The van der Waals surface area contributed by atoms with E-state index < -0.39 is 38.8 Å². The van der Waals surface area contributed by atoms with Crippen LogP contribution in [-0.2, 0) is 0 Å². The number of nitriles is 6. The summed E-state index contributed by atoms with van der Waals surface area (Å²) >= 11 is 1.83. The molecule has 0 aliphatic heterocycles. The largest absolute Gasteiger partial charge is 0.211 e. The first-order chi connectivity index (χ1) is 20.2. The molecule has 6 nitrogen and oxygen atoms in total. The van der Waals surface area contributed by atoms with Crippen LogP contribution in [0.25, 0.3) is 16.7 Å². The van der Waals surface area contributed by atoms with E-state index in [1.807, 2.05) is 40.8 Å². The zero-order valence-corrected chi connectivity index (χ0v) is 23.3. The molecular weight excluding hydrogens is 652 g/mol. The van der Waals surface area contributed by atoms with Gasteiger partial charge in [-0.2, -0.15) is 31.6 Å². The number of alkyl halides is 1. The lowest BCUT2D eigenvalue weighted by Crippen LogP contribution is -2.15. The molecule has 0 fully saturated rings. The van der Waals surface area contributed by atoms with Crippen molar-refractivity contribution in [3.8, 4) is 36.4 Å². The van der Waals surface area contributed by atoms with Crippen LogP contribution in [0.15, 0.2) is 65.0 Å². The van der Waals surface area contributed by atoms with Crippen LogP contribution in [-0.4, -0.2) is 3.92 Å². The summed E-state index contributed by atoms with van der Waals surface area (Å²) in [4.78, 5) is 0. The molecule has 3 aliphatic rings. The number of fused-ring (bicyclic) bond motifs is 2. The molecule has 0 saturated heterocycles. The fourth-order valence-electron chi connectivity index (χ4n) is 5.49. The number of hydrogen-bond donors (Lipinski definition) is 0. The average molecular weight is 664 g/mol. The molecule has 0 spiro atoms. The van der Waals surface area contributed by atoms with Gasteiger partial charge in [0.1, 0.15) is 29.6 Å². The first-order valence-corrected chi connectivity index (χ1v) is 13.5. The highest BCUT2D eigenvalue weighted by atomic mass is 127. The van der Waals surface area contributed by atoms with Gasteiger partial charge in [-0.25, -0.2) is 13.2 Å². The lowest BCUT2D eigenvalue weighted by atomic mass is 9.78. The maximum atomic E-state index is 14.8. The van der Waals surface area contributed by atoms with Gasteiger partial charge in [0.25, 0.3) is 0 Å². The third kappa shape index (κ3) is 4.36. The lowest BCUT2D eigenvalue weighted by molar-refractivity contribution is 0.503. The number of halogens is 4. The van der Waals surface area contributed by atoms with Crippen LogP contribution in [0.4, 0.5) is 13.2 Å². The van der Waals surface area contributed by atoms with E-state index in [9.17, 15) is 44.7 Å². The average Bonchev–Trinajstić information content (AvgIpc) is 3.31. The molecule has 0 heterocycles. The van der Waals surface area contributed by atoms with Crippen LogP contribution >= 0.6 is 22.6 Å². The van der Waals surface area contributed by atoms with E-state index in [1.165, 1.54) is 18.2 Å². The molecule has 2 aromatic rings. The molecule has 3 aliphatic carbocycles. The molecule has 10 heteroatoms. The van der Waals surface area contributed by atoms with Crippen molar-refractivity contribution in [3.05, 3.63) is 110 Å². The Morgan fingerprint density at radius 1 is 0.810 bits per heavy atom. The number of hydrogen-bond acceptors (Lipinski definition) is 6. The molecule has 198 valence electrons. The smallest absolute Gasteiger partial charge is 0.176 e. The molecule has 3 atom stereocenters. The van der Waals surface area contributed by atoms with Crippen molar-refractivity contribution >= 4 is 39.3 Å². The minimum Gasteiger partial charge on any atom is -0.211 e. The summed E-state index contributed by atoms with van der Waals surface area (Å²) < 4.78 is 42.6. The van der Waals surface area contributed by atoms with Gasteiger partial charge < -0.3 is 0 Å². The molecule has 3 unspecified atom stereocenters. The van der Waals surface area contributed by atoms with Gasteiger partial charge in [0.2, 0.25) is 0 Å². The van der Waals surface area contributed by atoms with Crippen molar-refractivity contribution in [2.24, 2.45) is 5.92 Å². The third-order valence-electron chi connectivity index (χ3n) is 7.42. The fourth-order valence-corrected chi connectivity index (χ4v) is 6.03. The van der Waals surface area contributed by atoms with Crippen molar-refractivity contribution in [2.75, 3.05) is 0 Å². The first kappa shape index (κ1) is 28.1. The van der Waals surface area contributed by atoms with Gasteiger partial charge in [0.05, 0.1) is 39.2 Å². The van der Waals surface area contributed by atoms with Gasteiger partial charge in [0, 0.05) is 17.1 Å². The zero-order valence-electron chi connectivity index (χ0n) is 21.2. The van der Waals surface area contributed by atoms with Gasteiger partial charge in [-0.05, 0) is 81.8 Å². The predicted molar refractivity (Wildman–Crippen MR) is 152 cm³/mol. The molecule has 0 bridgehead atoms. The Labute approximate surface area is 251 Å². The number of rotatable bonds is 2. The Balaban J connectivity index is 1.74. The molecule has 0 N–H and O–H groups in total. The monoisotopic (exact) mass is 664 g/mol. The second-order valence-electron chi connectivity index (χ2n) is 9.57. The number of allylic oxidation sites excluding steroid dienone is 10. The minimum absolute atomic E-state index is 0.00299. The third-order valence-corrected chi connectivity index (χ3v) is 8.79. The standard InChI is InChI=1S/C32H12F3IN6/c33-28-5-15(1-19(11-39)31(28)35)22-7-26-24(3-17(22)9-37)25-4-18(10-38)23(8-27(25)30(26)21(13-41)14-42)16-2-20(12-40)32(36)29(34)6-16/h1-6,8,20,22,32H,7H2. The Morgan fingerprint density at radius 2 is 1.52 bits per heavy atom. The van der Waals surface area contributed by atoms with Crippen molar-refractivity contribution in [3.63, 3.8) is 0 Å². The van der Waals surface area contributed by atoms with E-state index in [0.717, 1.165) is 12.1 Å². The van der Waals surface area contributed by atoms with E-state index in [0.29, 0.717) is 33.4 Å². The number of benzene rings is 2. The van der Waals surface area contributed by atoms with Gasteiger partial charge in [-0.1, -0.05) is 28.7 Å². The summed E-state index contributed by atoms with van der Waals surface area (Å²) in [7, 11) is 0. The molecule has 5 rings (SSSR count). The molecule has 0 aromatic heterocycles. The molecule has 42 heavy (non-hydrogen) atoms. The fraction of sp³-hybridized carbons (Fsp3) is 0.125. The topological polar surface area (TPSA) is 143 Å². The highest BCUT2D eigenvalue weighted by molar-refractivity contribution is 14.1. The van der Waals surface area contributed by atoms with E-state index in [1.54, 1.807) is 18.2 Å². The molecule has 0 amide bonds. The summed E-state index contributed by atoms with van der Waals surface area (Å²) in [5, 5.41) is 58.6. The Hall–Kier alpha value is -5.40. The van der Waals surface area contributed by atoms with Crippen molar-refractivity contribution in [1.29, 1.82) is 31.6 Å². The molecule has 0 radical (unpaired) electrons. The van der Waals surface area contributed by atoms with E-state index in [2.05, 4.69) is 12.1 Å². The van der Waals surface area contributed by atoms with Crippen LogP contribution in [0, 0.1) is 85.5 Å². The summed E-state index contributed by atoms with van der Waals surface area (Å²) in [5.41, 5.74) is 2.31. The quantitative estimate of drug-likeness (QED) is 0.190. The summed E-state index contributed by atoms with van der Waals surface area (Å²) in [6.45, 7) is 0. The Kier molecular flexibility index (Phi) is 7.29. The molecule has 2 aromatic carbocycles. The molecular formula is C32H12F3IN6. The van der Waals surface area contributed by atoms with Crippen molar-refractivity contribution < 1.29 is 13.2 Å². The first-order valence-electron chi connectivity index (χ1n) is 12.2. The summed E-state index contributed by atoms with van der Waals surface area (Å²) in [6.07, 6.45) is 4.32. The maximum Gasteiger partial charge on any atom is 0.176 e. The second-order valence-corrected chi connectivity index (χ2v) is 10.9. The van der Waals surface area contributed by atoms with Crippen LogP contribution in [0.3, 0.4) is 0 Å². The van der Waals surface area contributed by atoms with Crippen LogP contribution < -0.4 is 0 Å². The maximum absolute atomic E-state index is 14.8. The van der Waals surface area contributed by atoms with Crippen LogP contribution in [0.1, 0.15) is 45.7 Å². The Morgan fingerprint density at radius 3 is 2.14 bits per heavy atom. The van der Waals surface area contributed by atoms with Crippen LogP contribution in [0.2, 0.25) is 0 Å². The van der Waals surface area contributed by atoms with Gasteiger partial charge in [0.15, 0.2) is 11.6 Å². The van der Waals surface area contributed by atoms with Crippen molar-refractivity contribution in [1.82, 2.24) is 0 Å². The number of nitrogens with zero attached hydrogens (tertiary/aromatic N) is 6. The highest BCUT2D eigenvalue weighted by Crippen LogP contribution is 2.53. The van der Waals surface area contributed by atoms with Gasteiger partial charge >= 0.3 is 0 Å². The van der Waals surface area contributed by atoms with Crippen molar-refractivity contribution in [2.45, 2.75) is 16.3 Å².